The second-order valence-electron chi connectivity index (χ2n) is 6.31. The topological polar surface area (TPSA) is 9.23 Å². The molecule has 0 amide bonds. The molecule has 0 aliphatic heterocycles. The van der Waals surface area contributed by atoms with E-state index in [0.29, 0.717) is 5.92 Å². The fourth-order valence-corrected chi connectivity index (χ4v) is 3.61. The van der Waals surface area contributed by atoms with E-state index in [4.69, 9.17) is 0 Å². The van der Waals surface area contributed by atoms with Crippen LogP contribution < -0.4 is 0 Å². The first-order chi connectivity index (χ1) is 9.26. The van der Waals surface area contributed by atoms with Crippen LogP contribution in [0.2, 0.25) is 0 Å². The minimum absolute atomic E-state index is 0.0137. The Labute approximate surface area is 115 Å². The summed E-state index contributed by atoms with van der Waals surface area (Å²) in [4.78, 5) is 0. The highest BCUT2D eigenvalue weighted by Crippen LogP contribution is 2.43. The summed E-state index contributed by atoms with van der Waals surface area (Å²) in [6, 6.07) is 0. The van der Waals surface area contributed by atoms with E-state index < -0.39 is 24.8 Å². The molecule has 2 saturated carbocycles. The molecule has 0 aromatic carbocycles. The van der Waals surface area contributed by atoms with Crippen LogP contribution in [0.5, 0.6) is 0 Å². The number of halogens is 5. The summed E-state index contributed by atoms with van der Waals surface area (Å²) in [7, 11) is 0. The first-order valence-electron chi connectivity index (χ1n) is 7.29. The van der Waals surface area contributed by atoms with E-state index >= 15 is 0 Å². The molecule has 0 aromatic heterocycles. The Morgan fingerprint density at radius 3 is 1.80 bits per heavy atom. The Kier molecular flexibility index (Phi) is 4.92. The molecule has 1 nitrogen and oxygen atoms in total. The van der Waals surface area contributed by atoms with Crippen molar-refractivity contribution in [1.29, 1.82) is 0 Å². The van der Waals surface area contributed by atoms with Gasteiger partial charge < -0.3 is 0 Å². The van der Waals surface area contributed by atoms with Crippen molar-refractivity contribution in [2.24, 2.45) is 17.8 Å². The SMILES string of the molecule is CC1CCC(C2CC(F)C(OC(F)(F)F)C(F)C2)CC1. The largest absolute Gasteiger partial charge is 0.522 e. The molecule has 0 bridgehead atoms. The van der Waals surface area contributed by atoms with Gasteiger partial charge in [-0.1, -0.05) is 19.8 Å². The lowest BCUT2D eigenvalue weighted by Gasteiger charge is -2.40. The third-order valence-electron chi connectivity index (χ3n) is 4.77. The van der Waals surface area contributed by atoms with E-state index in [1.807, 2.05) is 0 Å². The highest BCUT2D eigenvalue weighted by molar-refractivity contribution is 4.91. The first kappa shape index (κ1) is 16.0. The smallest absolute Gasteiger partial charge is 0.282 e. The molecule has 2 aliphatic carbocycles. The first-order valence-corrected chi connectivity index (χ1v) is 7.29. The standard InChI is InChI=1S/C14H21F5O/c1-8-2-4-9(5-3-8)10-6-11(15)13(12(16)7-10)20-14(17,18)19/h8-13H,2-7H2,1H3. The number of hydrogen-bond acceptors (Lipinski definition) is 1. The van der Waals surface area contributed by atoms with Gasteiger partial charge in [0.25, 0.3) is 0 Å². The van der Waals surface area contributed by atoms with Crippen molar-refractivity contribution in [1.82, 2.24) is 0 Å². The lowest BCUT2D eigenvalue weighted by molar-refractivity contribution is -0.358. The average Bonchev–Trinajstić information content (AvgIpc) is 2.33. The van der Waals surface area contributed by atoms with Gasteiger partial charge in [-0.05, 0) is 43.4 Å². The lowest BCUT2D eigenvalue weighted by Crippen LogP contribution is -2.46. The van der Waals surface area contributed by atoms with Crippen molar-refractivity contribution in [3.05, 3.63) is 0 Å². The summed E-state index contributed by atoms with van der Waals surface area (Å²) in [5.41, 5.74) is 0. The van der Waals surface area contributed by atoms with Crippen molar-refractivity contribution in [3.63, 3.8) is 0 Å². The van der Waals surface area contributed by atoms with Gasteiger partial charge in [-0.25, -0.2) is 8.78 Å². The van der Waals surface area contributed by atoms with E-state index in [2.05, 4.69) is 11.7 Å². The Hall–Kier alpha value is -0.390. The Bertz CT molecular complexity index is 299. The van der Waals surface area contributed by atoms with Gasteiger partial charge in [-0.3, -0.25) is 4.74 Å². The molecule has 2 unspecified atom stereocenters. The molecule has 0 saturated heterocycles. The van der Waals surface area contributed by atoms with Crippen LogP contribution >= 0.6 is 0 Å². The van der Waals surface area contributed by atoms with E-state index in [0.717, 1.165) is 25.7 Å². The highest BCUT2D eigenvalue weighted by atomic mass is 19.4. The molecule has 0 radical (unpaired) electrons. The third-order valence-corrected chi connectivity index (χ3v) is 4.77. The fraction of sp³-hybridized carbons (Fsp3) is 1.00. The molecule has 118 valence electrons. The molecule has 0 aromatic rings. The van der Waals surface area contributed by atoms with E-state index in [9.17, 15) is 22.0 Å². The second kappa shape index (κ2) is 6.16. The zero-order valence-corrected chi connectivity index (χ0v) is 11.5. The molecule has 6 heteroatoms. The van der Waals surface area contributed by atoms with Gasteiger partial charge in [-0.15, -0.1) is 13.2 Å². The molecular weight excluding hydrogens is 279 g/mol. The second-order valence-corrected chi connectivity index (χ2v) is 6.31. The number of ether oxygens (including phenoxy) is 1. The van der Waals surface area contributed by atoms with Crippen molar-refractivity contribution >= 4 is 0 Å². The molecular formula is C14H21F5O. The van der Waals surface area contributed by atoms with Crippen LogP contribution in [0.15, 0.2) is 0 Å². The maximum Gasteiger partial charge on any atom is 0.522 e. The third kappa shape index (κ3) is 4.06. The number of alkyl halides is 5. The zero-order chi connectivity index (χ0) is 14.9. The van der Waals surface area contributed by atoms with Crippen LogP contribution in [0.25, 0.3) is 0 Å². The minimum atomic E-state index is -4.98. The minimum Gasteiger partial charge on any atom is -0.282 e. The number of hydrogen-bond donors (Lipinski definition) is 0. The van der Waals surface area contributed by atoms with Crippen LogP contribution in [0.1, 0.15) is 45.4 Å². The van der Waals surface area contributed by atoms with Gasteiger partial charge in [0.1, 0.15) is 18.4 Å². The van der Waals surface area contributed by atoms with E-state index in [1.165, 1.54) is 0 Å². The van der Waals surface area contributed by atoms with Crippen molar-refractivity contribution < 1.29 is 26.7 Å². The molecule has 20 heavy (non-hydrogen) atoms. The molecule has 2 rings (SSSR count). The van der Waals surface area contributed by atoms with Gasteiger partial charge in [0, 0.05) is 0 Å². The predicted molar refractivity (Wildman–Crippen MR) is 64.6 cm³/mol. The number of rotatable bonds is 2. The van der Waals surface area contributed by atoms with Crippen molar-refractivity contribution in [2.45, 2.75) is 70.3 Å². The quantitative estimate of drug-likeness (QED) is 0.665. The Morgan fingerprint density at radius 1 is 0.850 bits per heavy atom. The molecule has 0 heterocycles. The van der Waals surface area contributed by atoms with Gasteiger partial charge in [0.15, 0.2) is 0 Å². The summed E-state index contributed by atoms with van der Waals surface area (Å²) >= 11 is 0. The molecule has 0 N–H and O–H groups in total. The maximum absolute atomic E-state index is 13.8. The van der Waals surface area contributed by atoms with Crippen LogP contribution in [-0.4, -0.2) is 24.8 Å². The van der Waals surface area contributed by atoms with Crippen LogP contribution in [0, 0.1) is 17.8 Å². The maximum atomic E-state index is 13.8. The molecule has 0 spiro atoms. The van der Waals surface area contributed by atoms with Crippen molar-refractivity contribution in [2.75, 3.05) is 0 Å². The highest BCUT2D eigenvalue weighted by Gasteiger charge is 2.47. The van der Waals surface area contributed by atoms with E-state index in [-0.39, 0.29) is 24.7 Å². The lowest BCUT2D eigenvalue weighted by atomic mass is 9.70. The zero-order valence-electron chi connectivity index (χ0n) is 11.5. The molecule has 2 aliphatic rings. The van der Waals surface area contributed by atoms with Crippen LogP contribution in [-0.2, 0) is 4.74 Å². The Morgan fingerprint density at radius 2 is 1.35 bits per heavy atom. The Balaban J connectivity index is 1.92. The van der Waals surface area contributed by atoms with Crippen molar-refractivity contribution in [3.8, 4) is 0 Å². The fourth-order valence-electron chi connectivity index (χ4n) is 3.61. The van der Waals surface area contributed by atoms with Gasteiger partial charge in [0.05, 0.1) is 0 Å². The monoisotopic (exact) mass is 300 g/mol. The average molecular weight is 300 g/mol. The van der Waals surface area contributed by atoms with E-state index in [1.54, 1.807) is 0 Å². The summed E-state index contributed by atoms with van der Waals surface area (Å²) < 4.78 is 67.7. The van der Waals surface area contributed by atoms with Gasteiger partial charge in [-0.2, -0.15) is 0 Å². The summed E-state index contributed by atoms with van der Waals surface area (Å²) in [6.45, 7) is 2.15. The van der Waals surface area contributed by atoms with Gasteiger partial charge in [0.2, 0.25) is 0 Å². The molecule has 2 atom stereocenters. The summed E-state index contributed by atoms with van der Waals surface area (Å²) in [6.07, 6.45) is -6.81. The summed E-state index contributed by atoms with van der Waals surface area (Å²) in [5.74, 6) is 0.730. The normalized spacial score (nSPS) is 43.5. The molecule has 2 fully saturated rings. The van der Waals surface area contributed by atoms with Crippen LogP contribution in [0.3, 0.4) is 0 Å². The van der Waals surface area contributed by atoms with Crippen LogP contribution in [0.4, 0.5) is 22.0 Å². The predicted octanol–water partition coefficient (Wildman–Crippen LogP) is 4.80. The van der Waals surface area contributed by atoms with Gasteiger partial charge >= 0.3 is 6.36 Å². The summed E-state index contributed by atoms with van der Waals surface area (Å²) in [5, 5.41) is 0.